The molecular weight excluding hydrogens is 136 g/mol. The van der Waals surface area contributed by atoms with Gasteiger partial charge in [-0.25, -0.2) is 10.0 Å². The summed E-state index contributed by atoms with van der Waals surface area (Å²) in [5, 5.41) is 0. The molecular formula is C6H16S2. The van der Waals surface area contributed by atoms with Crippen molar-refractivity contribution in [1.82, 2.24) is 0 Å². The number of rotatable bonds is 1. The van der Waals surface area contributed by atoms with Gasteiger partial charge >= 0.3 is 0 Å². The molecule has 0 spiro atoms. The van der Waals surface area contributed by atoms with Gasteiger partial charge in [0.25, 0.3) is 0 Å². The fraction of sp³-hybridized carbons (Fsp3) is 1.00. The highest BCUT2D eigenvalue weighted by Gasteiger charge is 2.23. The minimum atomic E-state index is -0.476. The molecule has 0 fully saturated rings. The molecule has 0 aromatic carbocycles. The lowest BCUT2D eigenvalue weighted by Gasteiger charge is -2.39. The van der Waals surface area contributed by atoms with Crippen molar-refractivity contribution in [3.8, 4) is 0 Å². The molecule has 0 radical (unpaired) electrons. The van der Waals surface area contributed by atoms with Gasteiger partial charge in [-0.15, -0.1) is 0 Å². The Hall–Kier alpha value is 0.700. The molecule has 0 rings (SSSR count). The highest BCUT2D eigenvalue weighted by atomic mass is 32.3. The molecule has 0 saturated heterocycles. The summed E-state index contributed by atoms with van der Waals surface area (Å²) in [5.41, 5.74) is 0. The monoisotopic (exact) mass is 152 g/mol. The molecule has 0 aliphatic rings. The number of hydrogen-bond donors (Lipinski definition) is 1. The van der Waals surface area contributed by atoms with Crippen LogP contribution in [0.4, 0.5) is 0 Å². The van der Waals surface area contributed by atoms with Crippen molar-refractivity contribution in [2.45, 2.75) is 17.9 Å². The van der Waals surface area contributed by atoms with Crippen LogP contribution in [-0.4, -0.2) is 22.8 Å². The van der Waals surface area contributed by atoms with Gasteiger partial charge in [0, 0.05) is 4.08 Å². The van der Waals surface area contributed by atoms with E-state index in [0.717, 1.165) is 0 Å². The Morgan fingerprint density at radius 3 is 1.25 bits per heavy atom. The van der Waals surface area contributed by atoms with E-state index in [4.69, 9.17) is 0 Å². The SMILES string of the molecule is CC(C)(S)S(C)(C)C. The number of hydrogen-bond acceptors (Lipinski definition) is 1. The van der Waals surface area contributed by atoms with Crippen LogP contribution in [0.5, 0.6) is 0 Å². The van der Waals surface area contributed by atoms with Crippen molar-refractivity contribution < 1.29 is 0 Å². The van der Waals surface area contributed by atoms with Crippen LogP contribution in [0.15, 0.2) is 0 Å². The van der Waals surface area contributed by atoms with E-state index in [2.05, 4.69) is 45.2 Å². The summed E-state index contributed by atoms with van der Waals surface area (Å²) in [6.45, 7) is 4.34. The average molecular weight is 152 g/mol. The summed E-state index contributed by atoms with van der Waals surface area (Å²) in [6, 6.07) is 0. The largest absolute Gasteiger partial charge is 0.236 e. The highest BCUT2D eigenvalue weighted by Crippen LogP contribution is 2.51. The molecule has 0 saturated carbocycles. The third-order valence-electron chi connectivity index (χ3n) is 1.50. The van der Waals surface area contributed by atoms with E-state index >= 15 is 0 Å². The Bertz CT molecular complexity index is 61.5. The van der Waals surface area contributed by atoms with Gasteiger partial charge in [0.2, 0.25) is 0 Å². The van der Waals surface area contributed by atoms with E-state index in [-0.39, 0.29) is 4.08 Å². The van der Waals surface area contributed by atoms with Crippen LogP contribution in [-0.2, 0) is 0 Å². The van der Waals surface area contributed by atoms with E-state index in [0.29, 0.717) is 0 Å². The molecule has 0 atom stereocenters. The van der Waals surface area contributed by atoms with E-state index in [1.54, 1.807) is 0 Å². The second kappa shape index (κ2) is 2.14. The van der Waals surface area contributed by atoms with E-state index in [9.17, 15) is 0 Å². The minimum Gasteiger partial charge on any atom is -0.236 e. The van der Waals surface area contributed by atoms with E-state index in [1.165, 1.54) is 0 Å². The van der Waals surface area contributed by atoms with Crippen LogP contribution in [0, 0.1) is 0 Å². The van der Waals surface area contributed by atoms with Gasteiger partial charge in [0.1, 0.15) is 0 Å². The van der Waals surface area contributed by atoms with Crippen LogP contribution in [0.3, 0.4) is 0 Å². The lowest BCUT2D eigenvalue weighted by atomic mass is 10.5. The Labute approximate surface area is 59.8 Å². The van der Waals surface area contributed by atoms with Crippen molar-refractivity contribution in [2.75, 3.05) is 18.8 Å². The maximum atomic E-state index is 4.47. The van der Waals surface area contributed by atoms with Crippen molar-refractivity contribution in [1.29, 1.82) is 0 Å². The lowest BCUT2D eigenvalue weighted by Crippen LogP contribution is -2.18. The quantitative estimate of drug-likeness (QED) is 0.548. The molecule has 0 unspecified atom stereocenters. The molecule has 0 nitrogen and oxygen atoms in total. The topological polar surface area (TPSA) is 0 Å². The number of thiol groups is 1. The first-order valence-electron chi connectivity index (χ1n) is 2.65. The zero-order valence-electron chi connectivity index (χ0n) is 6.36. The summed E-state index contributed by atoms with van der Waals surface area (Å²) in [7, 11) is -0.476. The molecule has 0 aromatic rings. The van der Waals surface area contributed by atoms with Gasteiger partial charge in [-0.1, -0.05) is 0 Å². The summed E-state index contributed by atoms with van der Waals surface area (Å²) in [4.78, 5) is 0. The van der Waals surface area contributed by atoms with Gasteiger partial charge < -0.3 is 0 Å². The van der Waals surface area contributed by atoms with Crippen molar-refractivity contribution in [3.05, 3.63) is 0 Å². The minimum absolute atomic E-state index is 0.215. The second-order valence-corrected chi connectivity index (χ2v) is 9.40. The van der Waals surface area contributed by atoms with Crippen molar-refractivity contribution in [2.24, 2.45) is 0 Å². The maximum Gasteiger partial charge on any atom is 0.0366 e. The maximum absolute atomic E-state index is 4.47. The third-order valence-corrected chi connectivity index (χ3v) is 6.14. The molecule has 0 aliphatic heterocycles. The Morgan fingerprint density at radius 1 is 1.12 bits per heavy atom. The molecule has 0 bridgehead atoms. The smallest absolute Gasteiger partial charge is 0.0366 e. The van der Waals surface area contributed by atoms with Gasteiger partial charge in [-0.05, 0) is 32.6 Å². The summed E-state index contributed by atoms with van der Waals surface area (Å²) < 4.78 is 0.215. The summed E-state index contributed by atoms with van der Waals surface area (Å²) in [5.74, 6) is 0. The fourth-order valence-corrected chi connectivity index (χ4v) is 0. The first kappa shape index (κ1) is 8.70. The molecule has 2 heteroatoms. The first-order valence-corrected chi connectivity index (χ1v) is 5.96. The summed E-state index contributed by atoms with van der Waals surface area (Å²) >= 11 is 4.47. The Morgan fingerprint density at radius 2 is 1.25 bits per heavy atom. The Balaban J connectivity index is 4.02. The fourth-order valence-electron chi connectivity index (χ4n) is 0. The molecule has 0 N–H and O–H groups in total. The van der Waals surface area contributed by atoms with E-state index < -0.39 is 10.0 Å². The molecule has 0 heterocycles. The first-order chi connectivity index (χ1) is 3.25. The van der Waals surface area contributed by atoms with Crippen LogP contribution in [0.25, 0.3) is 0 Å². The van der Waals surface area contributed by atoms with Crippen LogP contribution in [0.1, 0.15) is 13.8 Å². The molecule has 52 valence electrons. The molecule has 0 aliphatic carbocycles. The zero-order valence-corrected chi connectivity index (χ0v) is 8.07. The molecule has 0 amide bonds. The van der Waals surface area contributed by atoms with Gasteiger partial charge in [-0.2, -0.15) is 12.6 Å². The lowest BCUT2D eigenvalue weighted by molar-refractivity contribution is 1.02. The van der Waals surface area contributed by atoms with Gasteiger partial charge in [-0.3, -0.25) is 0 Å². The summed E-state index contributed by atoms with van der Waals surface area (Å²) in [6.07, 6.45) is 6.83. The van der Waals surface area contributed by atoms with E-state index in [1.807, 2.05) is 0 Å². The van der Waals surface area contributed by atoms with Gasteiger partial charge in [0.05, 0.1) is 0 Å². The predicted molar refractivity (Wildman–Crippen MR) is 48.4 cm³/mol. The van der Waals surface area contributed by atoms with Crippen LogP contribution in [0.2, 0.25) is 0 Å². The van der Waals surface area contributed by atoms with Crippen molar-refractivity contribution in [3.63, 3.8) is 0 Å². The highest BCUT2D eigenvalue weighted by molar-refractivity contribution is 8.37. The standard InChI is InChI=1S/C6H16S2/c1-6(2,7)8(3,4)5/h7H,1-5H3. The molecule has 0 aromatic heterocycles. The Kier molecular flexibility index (Phi) is 2.33. The second-order valence-electron chi connectivity index (χ2n) is 3.28. The van der Waals surface area contributed by atoms with Crippen molar-refractivity contribution >= 4 is 22.7 Å². The van der Waals surface area contributed by atoms with Gasteiger partial charge in [0.15, 0.2) is 0 Å². The average Bonchev–Trinajstić information content (AvgIpc) is 1.25. The molecule has 8 heavy (non-hydrogen) atoms. The zero-order chi connectivity index (χ0) is 7.00. The third kappa shape index (κ3) is 2.31. The van der Waals surface area contributed by atoms with Crippen LogP contribution < -0.4 is 0 Å². The normalized spacial score (nSPS) is 16.2. The van der Waals surface area contributed by atoms with Crippen LogP contribution >= 0.6 is 22.7 Å². The predicted octanol–water partition coefficient (Wildman–Crippen LogP) is 2.35.